The van der Waals surface area contributed by atoms with Crippen LogP contribution in [0.4, 0.5) is 8.78 Å². The predicted molar refractivity (Wildman–Crippen MR) is 66.9 cm³/mol. The van der Waals surface area contributed by atoms with Gasteiger partial charge in [0.1, 0.15) is 5.75 Å². The number of hydrogen-bond acceptors (Lipinski definition) is 2. The number of benzene rings is 1. The molecule has 0 spiro atoms. The lowest BCUT2D eigenvalue weighted by Gasteiger charge is -2.37. The Hall–Kier alpha value is -1.16. The van der Waals surface area contributed by atoms with Crippen molar-refractivity contribution in [2.45, 2.75) is 44.1 Å². The highest BCUT2D eigenvalue weighted by Gasteiger charge is 2.41. The minimum absolute atomic E-state index is 0.128. The van der Waals surface area contributed by atoms with E-state index in [4.69, 9.17) is 10.5 Å². The van der Waals surface area contributed by atoms with Gasteiger partial charge in [0.05, 0.1) is 6.61 Å². The molecule has 0 bridgehead atoms. The van der Waals surface area contributed by atoms with E-state index in [0.717, 1.165) is 11.3 Å². The molecular formula is C14H19F2NO. The molecule has 0 unspecified atom stereocenters. The Bertz CT molecular complexity index is 393. The average molecular weight is 255 g/mol. The summed E-state index contributed by atoms with van der Waals surface area (Å²) in [5.41, 5.74) is 6.55. The maximum Gasteiger partial charge on any atom is 0.248 e. The highest BCUT2D eigenvalue weighted by molar-refractivity contribution is 5.32. The summed E-state index contributed by atoms with van der Waals surface area (Å²) in [6.07, 6.45) is 0.398. The molecule has 1 aromatic rings. The molecule has 1 saturated carbocycles. The molecule has 0 amide bonds. The van der Waals surface area contributed by atoms with Gasteiger partial charge in [-0.1, -0.05) is 12.1 Å². The smallest absolute Gasteiger partial charge is 0.248 e. The molecule has 1 aliphatic rings. The van der Waals surface area contributed by atoms with E-state index < -0.39 is 11.5 Å². The van der Waals surface area contributed by atoms with Crippen LogP contribution in [0.5, 0.6) is 5.75 Å². The molecule has 1 aliphatic carbocycles. The Balaban J connectivity index is 2.11. The second kappa shape index (κ2) is 4.84. The molecule has 100 valence electrons. The zero-order valence-electron chi connectivity index (χ0n) is 10.6. The van der Waals surface area contributed by atoms with Gasteiger partial charge >= 0.3 is 0 Å². The zero-order valence-corrected chi connectivity index (χ0v) is 10.6. The molecule has 0 heterocycles. The number of halogens is 2. The van der Waals surface area contributed by atoms with Crippen LogP contribution in [0.25, 0.3) is 0 Å². The molecule has 0 radical (unpaired) electrons. The summed E-state index contributed by atoms with van der Waals surface area (Å²) in [5.74, 6) is -1.76. The Labute approximate surface area is 106 Å². The van der Waals surface area contributed by atoms with Gasteiger partial charge < -0.3 is 10.5 Å². The van der Waals surface area contributed by atoms with E-state index in [1.807, 2.05) is 31.2 Å². The first kappa shape index (κ1) is 13.3. The minimum Gasteiger partial charge on any atom is -0.494 e. The fourth-order valence-corrected chi connectivity index (χ4v) is 2.40. The van der Waals surface area contributed by atoms with Crippen LogP contribution >= 0.6 is 0 Å². The fraction of sp³-hybridized carbons (Fsp3) is 0.571. The first-order valence-electron chi connectivity index (χ1n) is 6.35. The van der Waals surface area contributed by atoms with Crippen LogP contribution in [0.3, 0.4) is 0 Å². The van der Waals surface area contributed by atoms with E-state index in [9.17, 15) is 8.78 Å². The van der Waals surface area contributed by atoms with Crippen LogP contribution in [0, 0.1) is 0 Å². The molecular weight excluding hydrogens is 236 g/mol. The van der Waals surface area contributed by atoms with Crippen molar-refractivity contribution < 1.29 is 13.5 Å². The maximum absolute atomic E-state index is 13.2. The summed E-state index contributed by atoms with van der Waals surface area (Å²) in [6, 6.07) is 7.46. The SMILES string of the molecule is CCOc1ccc(C2(N)CCC(F)(F)CC2)cc1. The monoisotopic (exact) mass is 255 g/mol. The molecule has 2 N–H and O–H groups in total. The highest BCUT2D eigenvalue weighted by atomic mass is 19.3. The largest absolute Gasteiger partial charge is 0.494 e. The van der Waals surface area contributed by atoms with Gasteiger partial charge in [-0.3, -0.25) is 0 Å². The van der Waals surface area contributed by atoms with Gasteiger partial charge in [0.15, 0.2) is 0 Å². The van der Waals surface area contributed by atoms with Crippen molar-refractivity contribution in [3.63, 3.8) is 0 Å². The lowest BCUT2D eigenvalue weighted by Crippen LogP contribution is -2.43. The van der Waals surface area contributed by atoms with Crippen molar-refractivity contribution in [2.24, 2.45) is 5.73 Å². The standard InChI is InChI=1S/C14H19F2NO/c1-2-18-12-5-3-11(4-6-12)13(17)7-9-14(15,16)10-8-13/h3-6H,2,7-10,17H2,1H3. The van der Waals surface area contributed by atoms with Crippen molar-refractivity contribution >= 4 is 0 Å². The summed E-state index contributed by atoms with van der Waals surface area (Å²) >= 11 is 0. The quantitative estimate of drug-likeness (QED) is 0.897. The number of nitrogens with two attached hydrogens (primary N) is 1. The molecule has 18 heavy (non-hydrogen) atoms. The Morgan fingerprint density at radius 2 is 1.67 bits per heavy atom. The van der Waals surface area contributed by atoms with E-state index in [1.54, 1.807) is 0 Å². The van der Waals surface area contributed by atoms with Gasteiger partial charge in [-0.25, -0.2) is 8.78 Å². The topological polar surface area (TPSA) is 35.2 Å². The number of hydrogen-bond donors (Lipinski definition) is 1. The number of rotatable bonds is 3. The number of alkyl halides is 2. The Morgan fingerprint density at radius 1 is 1.11 bits per heavy atom. The first-order valence-corrected chi connectivity index (χ1v) is 6.35. The van der Waals surface area contributed by atoms with Crippen LogP contribution in [-0.2, 0) is 5.54 Å². The van der Waals surface area contributed by atoms with Gasteiger partial charge in [-0.15, -0.1) is 0 Å². The van der Waals surface area contributed by atoms with Crippen LogP contribution in [-0.4, -0.2) is 12.5 Å². The third-order valence-electron chi connectivity index (χ3n) is 3.61. The first-order chi connectivity index (χ1) is 8.45. The molecule has 2 nitrogen and oxygen atoms in total. The van der Waals surface area contributed by atoms with E-state index in [-0.39, 0.29) is 12.8 Å². The summed E-state index contributed by atoms with van der Waals surface area (Å²) in [4.78, 5) is 0. The van der Waals surface area contributed by atoms with Gasteiger partial charge in [0, 0.05) is 18.4 Å². The van der Waals surface area contributed by atoms with Crippen LogP contribution in [0.2, 0.25) is 0 Å². The zero-order chi connectivity index (χ0) is 13.2. The summed E-state index contributed by atoms with van der Waals surface area (Å²) in [5, 5.41) is 0. The normalized spacial score (nSPS) is 21.6. The third kappa shape index (κ3) is 2.80. The van der Waals surface area contributed by atoms with E-state index in [2.05, 4.69) is 0 Å². The molecule has 4 heteroatoms. The summed E-state index contributed by atoms with van der Waals surface area (Å²) in [6.45, 7) is 2.53. The van der Waals surface area contributed by atoms with Crippen molar-refractivity contribution in [1.29, 1.82) is 0 Å². The second-order valence-corrected chi connectivity index (χ2v) is 4.97. The molecule has 1 aromatic carbocycles. The predicted octanol–water partition coefficient (Wildman–Crippen LogP) is 3.45. The lowest BCUT2D eigenvalue weighted by molar-refractivity contribution is -0.0514. The van der Waals surface area contributed by atoms with Crippen LogP contribution in [0.1, 0.15) is 38.2 Å². The maximum atomic E-state index is 13.2. The number of ether oxygens (including phenoxy) is 1. The summed E-state index contributed by atoms with van der Waals surface area (Å²) in [7, 11) is 0. The molecule has 1 fully saturated rings. The highest BCUT2D eigenvalue weighted by Crippen LogP contribution is 2.42. The molecule has 0 aliphatic heterocycles. The van der Waals surface area contributed by atoms with Gasteiger partial charge in [-0.2, -0.15) is 0 Å². The molecule has 0 saturated heterocycles. The third-order valence-corrected chi connectivity index (χ3v) is 3.61. The molecule has 0 atom stereocenters. The Kier molecular flexibility index (Phi) is 3.57. The van der Waals surface area contributed by atoms with Gasteiger partial charge in [-0.05, 0) is 37.5 Å². The molecule has 0 aromatic heterocycles. The average Bonchev–Trinajstić information content (AvgIpc) is 2.35. The van der Waals surface area contributed by atoms with Crippen molar-refractivity contribution in [1.82, 2.24) is 0 Å². The second-order valence-electron chi connectivity index (χ2n) is 4.97. The minimum atomic E-state index is -2.55. The summed E-state index contributed by atoms with van der Waals surface area (Å²) < 4.78 is 31.7. The van der Waals surface area contributed by atoms with Crippen LogP contribution in [0.15, 0.2) is 24.3 Å². The lowest BCUT2D eigenvalue weighted by atomic mass is 9.76. The van der Waals surface area contributed by atoms with Gasteiger partial charge in [0.2, 0.25) is 5.92 Å². The van der Waals surface area contributed by atoms with Gasteiger partial charge in [0.25, 0.3) is 0 Å². The van der Waals surface area contributed by atoms with Crippen molar-refractivity contribution in [3.05, 3.63) is 29.8 Å². The van der Waals surface area contributed by atoms with E-state index in [0.29, 0.717) is 19.4 Å². The Morgan fingerprint density at radius 3 is 2.17 bits per heavy atom. The van der Waals surface area contributed by atoms with Crippen molar-refractivity contribution in [2.75, 3.05) is 6.61 Å². The van der Waals surface area contributed by atoms with Crippen LogP contribution < -0.4 is 10.5 Å². The van der Waals surface area contributed by atoms with E-state index in [1.165, 1.54) is 0 Å². The van der Waals surface area contributed by atoms with E-state index >= 15 is 0 Å². The fourth-order valence-electron chi connectivity index (χ4n) is 2.40. The van der Waals surface area contributed by atoms with Crippen molar-refractivity contribution in [3.8, 4) is 5.75 Å². The molecule has 2 rings (SSSR count).